The van der Waals surface area contributed by atoms with Crippen LogP contribution in [0.1, 0.15) is 0 Å². The smallest absolute Gasteiger partial charge is 0.140 e. The third-order valence-corrected chi connectivity index (χ3v) is 6.72. The van der Waals surface area contributed by atoms with Gasteiger partial charge in [0.15, 0.2) is 0 Å². The largest absolute Gasteiger partial charge is 0.457 e. The Morgan fingerprint density at radius 1 is 0.692 bits per heavy atom. The third-order valence-electron chi connectivity index (χ3n) is 6.72. The molecule has 6 nitrogen and oxygen atoms in total. The molecule has 188 valence electrons. The summed E-state index contributed by atoms with van der Waals surface area (Å²) in [5.74, 6) is 3.03. The molecular formula is C33H24N4O2. The van der Waals surface area contributed by atoms with Crippen molar-refractivity contribution in [3.05, 3.63) is 128 Å². The Labute approximate surface area is 225 Å². The number of fused-ring (bicyclic) bond motifs is 3. The van der Waals surface area contributed by atoms with Crippen LogP contribution in [0.3, 0.4) is 0 Å². The lowest BCUT2D eigenvalue weighted by Gasteiger charge is -2.24. The van der Waals surface area contributed by atoms with Gasteiger partial charge < -0.3 is 13.7 Å². The molecule has 0 N–H and O–H groups in total. The number of ether oxygens (including phenoxy) is 1. The number of nitrogens with zero attached hydrogens (tertiary/aromatic N) is 4. The van der Waals surface area contributed by atoms with E-state index in [1.54, 1.807) is 12.4 Å². The van der Waals surface area contributed by atoms with E-state index < -0.39 is 0 Å². The zero-order valence-corrected chi connectivity index (χ0v) is 21.2. The summed E-state index contributed by atoms with van der Waals surface area (Å²) < 4.78 is 14.7. The zero-order chi connectivity index (χ0) is 26.2. The van der Waals surface area contributed by atoms with Crippen molar-refractivity contribution in [2.45, 2.75) is 0 Å². The molecule has 0 aliphatic rings. The van der Waals surface area contributed by atoms with Crippen molar-refractivity contribution in [3.8, 4) is 22.9 Å². The standard InChI is InChI=1S/C33H24N4O2/c1-36-19-18-35-33(36)28-21-26(22-30-32(28)27-14-5-6-15-29(27)39-30)38-25-13-9-12-24(20-25)37(23-10-3-2-4-11-23)31-16-7-8-17-34-31/h2-22H,1H3. The van der Waals surface area contributed by atoms with Gasteiger partial charge in [-0.15, -0.1) is 0 Å². The van der Waals surface area contributed by atoms with Crippen LogP contribution in [0.25, 0.3) is 33.3 Å². The van der Waals surface area contributed by atoms with Crippen LogP contribution in [-0.4, -0.2) is 14.5 Å². The number of para-hydroxylation sites is 2. The minimum Gasteiger partial charge on any atom is -0.457 e. The fraction of sp³-hybridized carbons (Fsp3) is 0.0303. The topological polar surface area (TPSA) is 56.3 Å². The molecule has 0 bridgehead atoms. The van der Waals surface area contributed by atoms with Crippen molar-refractivity contribution in [1.29, 1.82) is 0 Å². The summed E-state index contributed by atoms with van der Waals surface area (Å²) >= 11 is 0. The quantitative estimate of drug-likeness (QED) is 0.225. The average molecular weight is 509 g/mol. The van der Waals surface area contributed by atoms with E-state index >= 15 is 0 Å². The van der Waals surface area contributed by atoms with Crippen LogP contribution >= 0.6 is 0 Å². The third kappa shape index (κ3) is 4.18. The second-order valence-electron chi connectivity index (χ2n) is 9.26. The molecule has 0 aliphatic heterocycles. The minimum atomic E-state index is 0.667. The van der Waals surface area contributed by atoms with E-state index in [1.165, 1.54) is 0 Å². The van der Waals surface area contributed by atoms with Crippen LogP contribution in [0.15, 0.2) is 132 Å². The predicted octanol–water partition coefficient (Wildman–Crippen LogP) is 8.64. The molecular weight excluding hydrogens is 484 g/mol. The molecule has 0 saturated heterocycles. The lowest BCUT2D eigenvalue weighted by molar-refractivity contribution is 0.482. The average Bonchev–Trinajstić information content (AvgIpc) is 3.57. The van der Waals surface area contributed by atoms with E-state index in [4.69, 9.17) is 9.15 Å². The molecule has 3 aromatic heterocycles. The Balaban J connectivity index is 1.33. The second kappa shape index (κ2) is 9.50. The number of aromatic nitrogens is 3. The van der Waals surface area contributed by atoms with Gasteiger partial charge in [0.05, 0.1) is 5.69 Å². The summed E-state index contributed by atoms with van der Waals surface area (Å²) in [6.45, 7) is 0. The van der Waals surface area contributed by atoms with Crippen molar-refractivity contribution in [2.75, 3.05) is 4.90 Å². The number of rotatable bonds is 6. The van der Waals surface area contributed by atoms with E-state index in [1.807, 2.05) is 103 Å². The van der Waals surface area contributed by atoms with E-state index in [0.29, 0.717) is 11.5 Å². The number of furan rings is 1. The van der Waals surface area contributed by atoms with Crippen molar-refractivity contribution >= 4 is 39.1 Å². The first kappa shape index (κ1) is 22.8. The van der Waals surface area contributed by atoms with Gasteiger partial charge in [-0.3, -0.25) is 4.90 Å². The van der Waals surface area contributed by atoms with Gasteiger partial charge in [-0.25, -0.2) is 9.97 Å². The van der Waals surface area contributed by atoms with Crippen LogP contribution in [0, 0.1) is 0 Å². The number of pyridine rings is 1. The summed E-state index contributed by atoms with van der Waals surface area (Å²) in [6, 6.07) is 36.1. The van der Waals surface area contributed by atoms with E-state index in [2.05, 4.69) is 39.1 Å². The highest BCUT2D eigenvalue weighted by molar-refractivity contribution is 6.12. The maximum atomic E-state index is 6.48. The van der Waals surface area contributed by atoms with Gasteiger partial charge in [0.1, 0.15) is 34.3 Å². The Morgan fingerprint density at radius 3 is 2.33 bits per heavy atom. The monoisotopic (exact) mass is 508 g/mol. The maximum Gasteiger partial charge on any atom is 0.140 e. The second-order valence-corrected chi connectivity index (χ2v) is 9.26. The van der Waals surface area contributed by atoms with Gasteiger partial charge >= 0.3 is 0 Å². The van der Waals surface area contributed by atoms with E-state index in [0.717, 1.165) is 50.5 Å². The number of aryl methyl sites for hydroxylation is 1. The normalized spacial score (nSPS) is 11.2. The summed E-state index contributed by atoms with van der Waals surface area (Å²) in [5.41, 5.74) is 4.48. The molecule has 0 atom stereocenters. The SMILES string of the molecule is Cn1ccnc1-c1cc(Oc2cccc(N(c3ccccc3)c3ccccn3)c2)cc2oc3ccccc3c12. The van der Waals surface area contributed by atoms with Crippen molar-refractivity contribution in [1.82, 2.24) is 14.5 Å². The molecule has 0 radical (unpaired) electrons. The summed E-state index contributed by atoms with van der Waals surface area (Å²) in [4.78, 5) is 11.3. The number of imidazole rings is 1. The fourth-order valence-corrected chi connectivity index (χ4v) is 4.99. The van der Waals surface area contributed by atoms with E-state index in [-0.39, 0.29) is 0 Å². The molecule has 0 aliphatic carbocycles. The van der Waals surface area contributed by atoms with Gasteiger partial charge in [-0.05, 0) is 48.5 Å². The lowest BCUT2D eigenvalue weighted by Crippen LogP contribution is -2.11. The van der Waals surface area contributed by atoms with Crippen molar-refractivity contribution < 1.29 is 9.15 Å². The predicted molar refractivity (Wildman–Crippen MR) is 155 cm³/mol. The minimum absolute atomic E-state index is 0.667. The van der Waals surface area contributed by atoms with Gasteiger partial charge in [0.2, 0.25) is 0 Å². The van der Waals surface area contributed by atoms with Gasteiger partial charge in [0.25, 0.3) is 0 Å². The van der Waals surface area contributed by atoms with Crippen molar-refractivity contribution in [3.63, 3.8) is 0 Å². The number of hydrogen-bond acceptors (Lipinski definition) is 5. The lowest BCUT2D eigenvalue weighted by atomic mass is 10.1. The van der Waals surface area contributed by atoms with Gasteiger partial charge in [-0.1, -0.05) is 48.5 Å². The zero-order valence-electron chi connectivity index (χ0n) is 21.2. The Bertz CT molecular complexity index is 1870. The molecule has 39 heavy (non-hydrogen) atoms. The van der Waals surface area contributed by atoms with Gasteiger partial charge in [-0.2, -0.15) is 0 Å². The first-order chi connectivity index (χ1) is 19.2. The molecule has 0 unspecified atom stereocenters. The van der Waals surface area contributed by atoms with Crippen LogP contribution in [0.4, 0.5) is 17.2 Å². The fourth-order valence-electron chi connectivity index (χ4n) is 4.99. The summed E-state index contributed by atoms with van der Waals surface area (Å²) in [7, 11) is 1.99. The number of anilines is 3. The molecule has 7 aromatic rings. The highest BCUT2D eigenvalue weighted by Crippen LogP contribution is 2.41. The Morgan fingerprint density at radius 2 is 1.51 bits per heavy atom. The van der Waals surface area contributed by atoms with Crippen LogP contribution in [0.5, 0.6) is 11.5 Å². The first-order valence-electron chi connectivity index (χ1n) is 12.7. The number of hydrogen-bond donors (Lipinski definition) is 0. The summed E-state index contributed by atoms with van der Waals surface area (Å²) in [6.07, 6.45) is 5.54. The highest BCUT2D eigenvalue weighted by atomic mass is 16.5. The molecule has 7 rings (SSSR count). The van der Waals surface area contributed by atoms with E-state index in [9.17, 15) is 0 Å². The Hall–Kier alpha value is -5.36. The van der Waals surface area contributed by atoms with Gasteiger partial charge in [0, 0.05) is 59.8 Å². The molecule has 0 spiro atoms. The molecule has 0 fully saturated rings. The van der Waals surface area contributed by atoms with Crippen molar-refractivity contribution in [2.24, 2.45) is 7.05 Å². The highest BCUT2D eigenvalue weighted by Gasteiger charge is 2.18. The van der Waals surface area contributed by atoms with Crippen LogP contribution < -0.4 is 9.64 Å². The molecule has 4 aromatic carbocycles. The Kier molecular flexibility index (Phi) is 5.56. The maximum absolute atomic E-state index is 6.48. The molecule has 0 amide bonds. The molecule has 3 heterocycles. The molecule has 0 saturated carbocycles. The van der Waals surface area contributed by atoms with Crippen LogP contribution in [-0.2, 0) is 7.05 Å². The molecule has 6 heteroatoms. The first-order valence-corrected chi connectivity index (χ1v) is 12.7. The number of benzene rings is 4. The summed E-state index contributed by atoms with van der Waals surface area (Å²) in [5, 5.41) is 2.07. The van der Waals surface area contributed by atoms with Crippen LogP contribution in [0.2, 0.25) is 0 Å².